The molecule has 0 radical (unpaired) electrons. The van der Waals surface area contributed by atoms with Crippen LogP contribution in [0, 0.1) is 11.3 Å². The van der Waals surface area contributed by atoms with Gasteiger partial charge >= 0.3 is 0 Å². The van der Waals surface area contributed by atoms with Crippen LogP contribution in [-0.2, 0) is 24.4 Å². The van der Waals surface area contributed by atoms with Gasteiger partial charge in [-0.05, 0) is 41.0 Å². The molecule has 164 valence electrons. The third-order valence-electron chi connectivity index (χ3n) is 5.53. The number of benzene rings is 2. The third kappa shape index (κ3) is 7.43. The molecular weight excluding hydrogens is 380 g/mol. The Morgan fingerprint density at radius 2 is 1.48 bits per heavy atom. The average molecular weight is 417 g/mol. The van der Waals surface area contributed by atoms with Gasteiger partial charge in [-0.25, -0.2) is 0 Å². The van der Waals surface area contributed by atoms with Crippen LogP contribution < -0.4 is 0 Å². The minimum Gasteiger partial charge on any atom is -0.345 e. The predicted octanol–water partition coefficient (Wildman–Crippen LogP) is 6.53. The zero-order valence-electron chi connectivity index (χ0n) is 19.4. The maximum atomic E-state index is 13.4. The molecule has 1 amide bonds. The molecule has 3 heteroatoms. The van der Waals surface area contributed by atoms with Crippen molar-refractivity contribution < 1.29 is 4.79 Å². The maximum Gasteiger partial charge on any atom is 0.223 e. The molecule has 1 heterocycles. The van der Waals surface area contributed by atoms with E-state index in [2.05, 4.69) is 87.0 Å². The molecular formula is C28H36N2O. The van der Waals surface area contributed by atoms with E-state index in [1.165, 1.54) is 11.1 Å². The number of aromatic nitrogens is 1. The number of carbonyl (C=O) groups is 1. The fraction of sp³-hybridized carbons (Fsp3) is 0.393. The highest BCUT2D eigenvalue weighted by molar-refractivity contribution is 5.76. The lowest BCUT2D eigenvalue weighted by atomic mass is 9.84. The molecule has 0 aliphatic heterocycles. The second-order valence-electron chi connectivity index (χ2n) is 9.92. The van der Waals surface area contributed by atoms with E-state index in [9.17, 15) is 4.79 Å². The van der Waals surface area contributed by atoms with Gasteiger partial charge in [0, 0.05) is 31.4 Å². The Balaban J connectivity index is 1.76. The summed E-state index contributed by atoms with van der Waals surface area (Å²) in [6, 6.07) is 25.0. The molecule has 0 spiro atoms. The molecule has 2 aromatic carbocycles. The largest absolute Gasteiger partial charge is 0.345 e. The van der Waals surface area contributed by atoms with Crippen molar-refractivity contribution in [1.29, 1.82) is 0 Å². The molecule has 3 nitrogen and oxygen atoms in total. The predicted molar refractivity (Wildman–Crippen MR) is 129 cm³/mol. The van der Waals surface area contributed by atoms with Crippen molar-refractivity contribution in [3.05, 3.63) is 95.8 Å². The first-order chi connectivity index (χ1) is 14.8. The van der Waals surface area contributed by atoms with Crippen molar-refractivity contribution in [1.82, 2.24) is 9.47 Å². The summed E-state index contributed by atoms with van der Waals surface area (Å²) in [6.07, 6.45) is 3.74. The highest BCUT2D eigenvalue weighted by Crippen LogP contribution is 2.27. The third-order valence-corrected chi connectivity index (χ3v) is 5.53. The SMILES string of the molecule is C[C@H](CC(=O)N(Cc1ccccc1)Cc1cccn1Cc1ccccc1)CC(C)(C)C. The summed E-state index contributed by atoms with van der Waals surface area (Å²) in [5.74, 6) is 0.593. The second kappa shape index (κ2) is 10.5. The quantitative estimate of drug-likeness (QED) is 0.389. The molecule has 0 aliphatic carbocycles. The van der Waals surface area contributed by atoms with Crippen LogP contribution in [0.3, 0.4) is 0 Å². The number of rotatable bonds is 9. The van der Waals surface area contributed by atoms with E-state index in [1.54, 1.807) is 0 Å². The molecule has 0 N–H and O–H groups in total. The molecule has 0 bridgehead atoms. The molecule has 0 saturated carbocycles. The summed E-state index contributed by atoms with van der Waals surface area (Å²) in [6.45, 7) is 11.0. The average Bonchev–Trinajstić information content (AvgIpc) is 3.14. The fourth-order valence-electron chi connectivity index (χ4n) is 4.30. The van der Waals surface area contributed by atoms with Crippen LogP contribution in [-0.4, -0.2) is 15.4 Å². The maximum absolute atomic E-state index is 13.4. The van der Waals surface area contributed by atoms with Gasteiger partial charge in [0.1, 0.15) is 0 Å². The van der Waals surface area contributed by atoms with Crippen LogP contribution in [0.1, 0.15) is 57.4 Å². The monoisotopic (exact) mass is 416 g/mol. The summed E-state index contributed by atoms with van der Waals surface area (Å²) >= 11 is 0. The molecule has 0 unspecified atom stereocenters. The Hall–Kier alpha value is -2.81. The minimum atomic E-state index is 0.230. The summed E-state index contributed by atoms with van der Waals surface area (Å²) in [5, 5.41) is 0. The normalized spacial score (nSPS) is 12.5. The molecule has 3 rings (SSSR count). The number of hydrogen-bond donors (Lipinski definition) is 0. The summed E-state index contributed by atoms with van der Waals surface area (Å²) in [7, 11) is 0. The van der Waals surface area contributed by atoms with Gasteiger partial charge in [0.2, 0.25) is 5.91 Å². The molecule has 0 saturated heterocycles. The smallest absolute Gasteiger partial charge is 0.223 e. The van der Waals surface area contributed by atoms with E-state index in [-0.39, 0.29) is 11.3 Å². The highest BCUT2D eigenvalue weighted by atomic mass is 16.2. The van der Waals surface area contributed by atoms with Crippen LogP contribution in [0.5, 0.6) is 0 Å². The standard InChI is InChI=1S/C28H36N2O/c1-23(19-28(2,3)4)18-27(31)30(21-25-14-9-6-10-15-25)22-26-16-11-17-29(26)20-24-12-7-5-8-13-24/h5-17,23H,18-22H2,1-4H3/t23-/m1/s1. The topological polar surface area (TPSA) is 25.2 Å². The van der Waals surface area contributed by atoms with Gasteiger partial charge in [-0.3, -0.25) is 4.79 Å². The molecule has 0 fully saturated rings. The van der Waals surface area contributed by atoms with E-state index in [0.29, 0.717) is 25.4 Å². The van der Waals surface area contributed by atoms with Gasteiger partial charge < -0.3 is 9.47 Å². The van der Waals surface area contributed by atoms with Crippen LogP contribution >= 0.6 is 0 Å². The van der Waals surface area contributed by atoms with Crippen molar-refractivity contribution >= 4 is 5.91 Å². The van der Waals surface area contributed by atoms with Crippen LogP contribution in [0.4, 0.5) is 0 Å². The summed E-state index contributed by atoms with van der Waals surface area (Å²) < 4.78 is 2.25. The zero-order valence-corrected chi connectivity index (χ0v) is 19.4. The number of amides is 1. The van der Waals surface area contributed by atoms with E-state index in [4.69, 9.17) is 0 Å². The van der Waals surface area contributed by atoms with Crippen molar-refractivity contribution in [3.63, 3.8) is 0 Å². The Morgan fingerprint density at radius 3 is 2.10 bits per heavy atom. The molecule has 0 aliphatic rings. The van der Waals surface area contributed by atoms with Crippen molar-refractivity contribution in [2.45, 2.75) is 60.2 Å². The Bertz CT molecular complexity index is 938. The van der Waals surface area contributed by atoms with E-state index >= 15 is 0 Å². The molecule has 31 heavy (non-hydrogen) atoms. The lowest BCUT2D eigenvalue weighted by Crippen LogP contribution is -2.32. The van der Waals surface area contributed by atoms with E-state index in [0.717, 1.165) is 18.7 Å². The fourth-order valence-corrected chi connectivity index (χ4v) is 4.30. The van der Waals surface area contributed by atoms with Gasteiger partial charge in [0.25, 0.3) is 0 Å². The van der Waals surface area contributed by atoms with Gasteiger partial charge in [-0.15, -0.1) is 0 Å². The van der Waals surface area contributed by atoms with Gasteiger partial charge in [-0.1, -0.05) is 88.4 Å². The first-order valence-corrected chi connectivity index (χ1v) is 11.3. The number of carbonyl (C=O) groups excluding carboxylic acids is 1. The second-order valence-corrected chi connectivity index (χ2v) is 9.92. The number of nitrogens with zero attached hydrogens (tertiary/aromatic N) is 2. The summed E-state index contributed by atoms with van der Waals surface area (Å²) in [5.41, 5.74) is 3.82. The van der Waals surface area contributed by atoms with Gasteiger partial charge in [0.05, 0.1) is 6.54 Å². The molecule has 1 atom stereocenters. The molecule has 1 aromatic heterocycles. The van der Waals surface area contributed by atoms with Crippen LogP contribution in [0.25, 0.3) is 0 Å². The van der Waals surface area contributed by atoms with E-state index < -0.39 is 0 Å². The van der Waals surface area contributed by atoms with Crippen molar-refractivity contribution in [3.8, 4) is 0 Å². The Labute approximate surface area is 187 Å². The zero-order chi connectivity index (χ0) is 22.3. The highest BCUT2D eigenvalue weighted by Gasteiger charge is 2.22. The van der Waals surface area contributed by atoms with Crippen molar-refractivity contribution in [2.75, 3.05) is 0 Å². The Morgan fingerprint density at radius 1 is 0.871 bits per heavy atom. The molecule has 3 aromatic rings. The van der Waals surface area contributed by atoms with Gasteiger partial charge in [-0.2, -0.15) is 0 Å². The van der Waals surface area contributed by atoms with Crippen molar-refractivity contribution in [2.24, 2.45) is 11.3 Å². The lowest BCUT2D eigenvalue weighted by Gasteiger charge is -2.27. The van der Waals surface area contributed by atoms with Crippen LogP contribution in [0.15, 0.2) is 79.0 Å². The minimum absolute atomic E-state index is 0.230. The number of hydrogen-bond acceptors (Lipinski definition) is 1. The summed E-state index contributed by atoms with van der Waals surface area (Å²) in [4.78, 5) is 15.4. The van der Waals surface area contributed by atoms with E-state index in [1.807, 2.05) is 29.2 Å². The van der Waals surface area contributed by atoms with Gasteiger partial charge in [0.15, 0.2) is 0 Å². The first-order valence-electron chi connectivity index (χ1n) is 11.3. The lowest BCUT2D eigenvalue weighted by molar-refractivity contribution is -0.133. The first kappa shape index (κ1) is 22.9. The Kier molecular flexibility index (Phi) is 7.73. The van der Waals surface area contributed by atoms with Crippen LogP contribution in [0.2, 0.25) is 0 Å².